The molecular weight excluding hydrogens is 204 g/mol. The Kier molecular flexibility index (Phi) is 2.77. The van der Waals surface area contributed by atoms with E-state index < -0.39 is 22.2 Å². The maximum absolute atomic E-state index is 12.7. The molecule has 0 atom stereocenters. The van der Waals surface area contributed by atoms with Crippen LogP contribution in [-0.2, 0) is 5.88 Å². The molecule has 3 nitrogen and oxygen atoms in total. The molecule has 0 bridgehead atoms. The summed E-state index contributed by atoms with van der Waals surface area (Å²) in [6, 6.07) is 1.24. The van der Waals surface area contributed by atoms with Gasteiger partial charge in [-0.3, -0.25) is 10.1 Å². The minimum absolute atomic E-state index is 0.0882. The van der Waals surface area contributed by atoms with Gasteiger partial charge < -0.3 is 0 Å². The van der Waals surface area contributed by atoms with Gasteiger partial charge in [0, 0.05) is 17.7 Å². The molecule has 6 heteroatoms. The Morgan fingerprint density at radius 3 is 2.46 bits per heavy atom. The van der Waals surface area contributed by atoms with E-state index in [0.29, 0.717) is 6.07 Å². The number of halogens is 3. The molecule has 0 unspecified atom stereocenters. The molecule has 0 radical (unpaired) electrons. The van der Waals surface area contributed by atoms with Crippen LogP contribution in [0.2, 0.25) is 0 Å². The molecule has 1 rings (SSSR count). The summed E-state index contributed by atoms with van der Waals surface area (Å²) < 4.78 is 25.4. The summed E-state index contributed by atoms with van der Waals surface area (Å²) in [5, 5.41) is 10.2. The third-order valence-corrected chi connectivity index (χ3v) is 1.74. The average molecular weight is 208 g/mol. The lowest BCUT2D eigenvalue weighted by atomic mass is 10.2. The van der Waals surface area contributed by atoms with Gasteiger partial charge in [0.15, 0.2) is 0 Å². The van der Waals surface area contributed by atoms with E-state index in [9.17, 15) is 18.9 Å². The van der Waals surface area contributed by atoms with E-state index in [2.05, 4.69) is 0 Å². The molecule has 0 heterocycles. The van der Waals surface area contributed by atoms with E-state index in [1.54, 1.807) is 0 Å². The lowest BCUT2D eigenvalue weighted by Crippen LogP contribution is -1.96. The predicted molar refractivity (Wildman–Crippen MR) is 42.6 cm³/mol. The molecule has 1 aromatic carbocycles. The first-order chi connectivity index (χ1) is 6.06. The van der Waals surface area contributed by atoms with Gasteiger partial charge in [-0.25, -0.2) is 4.39 Å². The minimum Gasteiger partial charge on any atom is -0.258 e. The summed E-state index contributed by atoms with van der Waals surface area (Å²) >= 11 is 5.28. The van der Waals surface area contributed by atoms with Crippen molar-refractivity contribution in [3.63, 3.8) is 0 Å². The second kappa shape index (κ2) is 3.66. The second-order valence-corrected chi connectivity index (χ2v) is 2.55. The lowest BCUT2D eigenvalue weighted by molar-refractivity contribution is -0.387. The number of rotatable bonds is 2. The molecule has 0 N–H and O–H groups in total. The van der Waals surface area contributed by atoms with Gasteiger partial charge >= 0.3 is 5.69 Å². The van der Waals surface area contributed by atoms with Crippen LogP contribution in [-0.4, -0.2) is 4.92 Å². The molecule has 0 aliphatic rings. The van der Waals surface area contributed by atoms with Crippen LogP contribution in [0.1, 0.15) is 5.56 Å². The van der Waals surface area contributed by atoms with Gasteiger partial charge in [-0.05, 0) is 0 Å². The Morgan fingerprint density at radius 1 is 1.38 bits per heavy atom. The molecule has 0 aliphatic heterocycles. The highest BCUT2D eigenvalue weighted by molar-refractivity contribution is 6.17. The van der Waals surface area contributed by atoms with Crippen molar-refractivity contribution >= 4 is 17.3 Å². The third-order valence-electron chi connectivity index (χ3n) is 1.46. The van der Waals surface area contributed by atoms with Crippen molar-refractivity contribution in [3.8, 4) is 0 Å². The van der Waals surface area contributed by atoms with Crippen LogP contribution in [0.5, 0.6) is 0 Å². The Morgan fingerprint density at radius 2 is 2.00 bits per heavy atom. The fourth-order valence-electron chi connectivity index (χ4n) is 0.823. The number of hydrogen-bond donors (Lipinski definition) is 0. The number of benzene rings is 1. The largest absolute Gasteiger partial charge is 0.305 e. The van der Waals surface area contributed by atoms with Gasteiger partial charge in [-0.1, -0.05) is 0 Å². The zero-order chi connectivity index (χ0) is 10.0. The van der Waals surface area contributed by atoms with Crippen LogP contribution in [0.4, 0.5) is 14.5 Å². The SMILES string of the molecule is O=[N+]([O-])c1cc(CCl)c(F)cc1F. The fraction of sp³-hybridized carbons (Fsp3) is 0.143. The van der Waals surface area contributed by atoms with Gasteiger partial charge in [0.05, 0.1) is 10.8 Å². The number of nitrogens with zero attached hydrogens (tertiary/aromatic N) is 1. The monoisotopic (exact) mass is 207 g/mol. The summed E-state index contributed by atoms with van der Waals surface area (Å²) in [6.07, 6.45) is 0. The molecule has 0 amide bonds. The molecule has 0 fully saturated rings. The first kappa shape index (κ1) is 9.85. The standard InChI is InChI=1S/C7H4ClF2NO2/c8-3-4-1-7(11(12)13)6(10)2-5(4)9/h1-2H,3H2. The van der Waals surface area contributed by atoms with E-state index >= 15 is 0 Å². The molecule has 0 aliphatic carbocycles. The normalized spacial score (nSPS) is 10.1. The summed E-state index contributed by atoms with van der Waals surface area (Å²) in [4.78, 5) is 9.28. The number of nitro groups is 1. The van der Waals surface area contributed by atoms with Crippen LogP contribution in [0.15, 0.2) is 12.1 Å². The van der Waals surface area contributed by atoms with Crippen molar-refractivity contribution < 1.29 is 13.7 Å². The molecular formula is C7H4ClF2NO2. The quantitative estimate of drug-likeness (QED) is 0.425. The Balaban J connectivity index is 3.30. The van der Waals surface area contributed by atoms with Gasteiger partial charge in [-0.2, -0.15) is 4.39 Å². The van der Waals surface area contributed by atoms with Crippen LogP contribution in [0, 0.1) is 21.7 Å². The predicted octanol–water partition coefficient (Wildman–Crippen LogP) is 2.61. The summed E-state index contributed by atoms with van der Waals surface area (Å²) in [5.41, 5.74) is -0.855. The molecule has 13 heavy (non-hydrogen) atoms. The van der Waals surface area contributed by atoms with Crippen LogP contribution in [0.3, 0.4) is 0 Å². The molecule has 0 saturated carbocycles. The van der Waals surface area contributed by atoms with Gasteiger partial charge in [-0.15, -0.1) is 11.6 Å². The Hall–Kier alpha value is -1.23. The smallest absolute Gasteiger partial charge is 0.258 e. The van der Waals surface area contributed by atoms with Crippen molar-refractivity contribution in [3.05, 3.63) is 39.4 Å². The summed E-state index contributed by atoms with van der Waals surface area (Å²) in [7, 11) is 0. The number of nitro benzene ring substituents is 1. The van der Waals surface area contributed by atoms with Gasteiger partial charge in [0.1, 0.15) is 5.82 Å². The molecule has 0 saturated heterocycles. The maximum Gasteiger partial charge on any atom is 0.305 e. The first-order valence-electron chi connectivity index (χ1n) is 3.24. The highest BCUT2D eigenvalue weighted by atomic mass is 35.5. The highest BCUT2D eigenvalue weighted by Gasteiger charge is 2.17. The zero-order valence-electron chi connectivity index (χ0n) is 6.26. The lowest BCUT2D eigenvalue weighted by Gasteiger charge is -1.99. The minimum atomic E-state index is -1.20. The van der Waals surface area contributed by atoms with Crippen LogP contribution in [0.25, 0.3) is 0 Å². The van der Waals surface area contributed by atoms with Gasteiger partial charge in [0.2, 0.25) is 5.82 Å². The Labute approximate surface area is 77.1 Å². The number of hydrogen-bond acceptors (Lipinski definition) is 2. The summed E-state index contributed by atoms with van der Waals surface area (Å²) in [5.74, 6) is -2.30. The van der Waals surface area contributed by atoms with E-state index in [4.69, 9.17) is 11.6 Å². The molecule has 0 spiro atoms. The van der Waals surface area contributed by atoms with Crippen molar-refractivity contribution in [1.82, 2.24) is 0 Å². The van der Waals surface area contributed by atoms with E-state index in [-0.39, 0.29) is 11.4 Å². The van der Waals surface area contributed by atoms with E-state index in [0.717, 1.165) is 6.07 Å². The molecule has 0 aromatic heterocycles. The third kappa shape index (κ3) is 1.92. The number of alkyl halides is 1. The topological polar surface area (TPSA) is 43.1 Å². The van der Waals surface area contributed by atoms with Crippen molar-refractivity contribution in [1.29, 1.82) is 0 Å². The van der Waals surface area contributed by atoms with Crippen molar-refractivity contribution in [2.45, 2.75) is 5.88 Å². The zero-order valence-corrected chi connectivity index (χ0v) is 7.02. The first-order valence-corrected chi connectivity index (χ1v) is 3.78. The average Bonchev–Trinajstić information content (AvgIpc) is 2.03. The van der Waals surface area contributed by atoms with Gasteiger partial charge in [0.25, 0.3) is 0 Å². The van der Waals surface area contributed by atoms with Crippen LogP contribution >= 0.6 is 11.6 Å². The maximum atomic E-state index is 12.7. The van der Waals surface area contributed by atoms with Crippen molar-refractivity contribution in [2.75, 3.05) is 0 Å². The van der Waals surface area contributed by atoms with E-state index in [1.807, 2.05) is 0 Å². The summed E-state index contributed by atoms with van der Waals surface area (Å²) in [6.45, 7) is 0. The fourth-order valence-corrected chi connectivity index (χ4v) is 1.03. The Bertz CT molecular complexity index is 357. The van der Waals surface area contributed by atoms with Crippen LogP contribution < -0.4 is 0 Å². The second-order valence-electron chi connectivity index (χ2n) is 2.29. The van der Waals surface area contributed by atoms with Crippen molar-refractivity contribution in [2.24, 2.45) is 0 Å². The molecule has 1 aromatic rings. The highest BCUT2D eigenvalue weighted by Crippen LogP contribution is 2.22. The van der Waals surface area contributed by atoms with E-state index in [1.165, 1.54) is 0 Å². The molecule has 70 valence electrons.